The van der Waals surface area contributed by atoms with Crippen LogP contribution in [0.1, 0.15) is 16.5 Å². The number of hydrogen-bond acceptors (Lipinski definition) is 3. The smallest absolute Gasteiger partial charge is 0.376 e. The van der Waals surface area contributed by atoms with Gasteiger partial charge in [0.05, 0.1) is 7.11 Å². The van der Waals surface area contributed by atoms with Crippen LogP contribution in [0.2, 0.25) is 0 Å². The number of benzene rings is 1. The van der Waals surface area contributed by atoms with Crippen molar-refractivity contribution in [3.63, 3.8) is 0 Å². The van der Waals surface area contributed by atoms with Gasteiger partial charge in [-0.1, -0.05) is 6.07 Å². The van der Waals surface area contributed by atoms with E-state index in [4.69, 9.17) is 11.6 Å². The molecule has 0 aliphatic rings. The molecule has 16 heavy (non-hydrogen) atoms. The second-order valence-corrected chi connectivity index (χ2v) is 3.66. The summed E-state index contributed by atoms with van der Waals surface area (Å²) in [4.78, 5) is 22.4. The molecule has 1 unspecified atom stereocenters. The third-order valence-corrected chi connectivity index (χ3v) is 2.55. The van der Waals surface area contributed by atoms with Crippen molar-refractivity contribution in [2.45, 2.75) is 12.3 Å². The van der Waals surface area contributed by atoms with E-state index >= 15 is 0 Å². The van der Waals surface area contributed by atoms with E-state index in [0.29, 0.717) is 11.1 Å². The van der Waals surface area contributed by atoms with Crippen molar-refractivity contribution in [3.05, 3.63) is 35.1 Å². The molecular weight excluding hydrogens is 235 g/mol. The molecule has 1 aromatic carbocycles. The van der Waals surface area contributed by atoms with Gasteiger partial charge in [0.15, 0.2) is 0 Å². The van der Waals surface area contributed by atoms with Gasteiger partial charge in [0, 0.05) is 0 Å². The van der Waals surface area contributed by atoms with Gasteiger partial charge in [0.1, 0.15) is 11.2 Å². The highest BCUT2D eigenvalue weighted by Crippen LogP contribution is 2.25. The first-order valence-electron chi connectivity index (χ1n) is 4.49. The van der Waals surface area contributed by atoms with Crippen molar-refractivity contribution in [2.24, 2.45) is 0 Å². The molecule has 0 amide bonds. The van der Waals surface area contributed by atoms with Crippen LogP contribution in [0.5, 0.6) is 0 Å². The molecule has 0 aliphatic heterocycles. The predicted molar refractivity (Wildman–Crippen MR) is 56.8 cm³/mol. The van der Waals surface area contributed by atoms with E-state index in [1.54, 1.807) is 6.92 Å². The minimum absolute atomic E-state index is 0.401. The Bertz CT molecular complexity index is 431. The number of carbonyl (C=O) groups is 2. The first-order valence-corrected chi connectivity index (χ1v) is 4.93. The number of rotatable bonds is 3. The quantitative estimate of drug-likeness (QED) is 0.465. The zero-order chi connectivity index (χ0) is 12.3. The van der Waals surface area contributed by atoms with E-state index in [0.717, 1.165) is 7.11 Å². The Morgan fingerprint density at radius 3 is 2.56 bits per heavy atom. The molecule has 0 heterocycles. The molecule has 1 aromatic rings. The number of ketones is 1. The highest BCUT2D eigenvalue weighted by Gasteiger charge is 2.26. The van der Waals surface area contributed by atoms with Crippen molar-refractivity contribution >= 4 is 23.4 Å². The van der Waals surface area contributed by atoms with E-state index in [2.05, 4.69) is 4.74 Å². The molecule has 0 aliphatic carbocycles. The number of alkyl halides is 1. The van der Waals surface area contributed by atoms with Gasteiger partial charge in [-0.2, -0.15) is 0 Å². The lowest BCUT2D eigenvalue weighted by Gasteiger charge is -2.10. The Hall–Kier alpha value is -1.42. The van der Waals surface area contributed by atoms with Crippen molar-refractivity contribution in [1.82, 2.24) is 0 Å². The van der Waals surface area contributed by atoms with Crippen molar-refractivity contribution in [2.75, 3.05) is 7.11 Å². The molecule has 0 aromatic heterocycles. The zero-order valence-corrected chi connectivity index (χ0v) is 9.55. The lowest BCUT2D eigenvalue weighted by atomic mass is 10.0. The average molecular weight is 245 g/mol. The molecule has 3 nitrogen and oxygen atoms in total. The first-order chi connectivity index (χ1) is 7.47. The van der Waals surface area contributed by atoms with Crippen LogP contribution >= 0.6 is 11.6 Å². The second kappa shape index (κ2) is 5.07. The van der Waals surface area contributed by atoms with Gasteiger partial charge < -0.3 is 4.74 Å². The predicted octanol–water partition coefficient (Wildman–Crippen LogP) is 2.16. The molecule has 5 heteroatoms. The number of carbonyl (C=O) groups excluding carboxylic acids is 2. The highest BCUT2D eigenvalue weighted by atomic mass is 35.5. The monoisotopic (exact) mass is 244 g/mol. The van der Waals surface area contributed by atoms with Crippen molar-refractivity contribution in [3.8, 4) is 0 Å². The fraction of sp³-hybridized carbons (Fsp3) is 0.273. The summed E-state index contributed by atoms with van der Waals surface area (Å²) in [6.07, 6.45) is 0. The number of Topliss-reactive ketones (excluding diaryl/α,β-unsaturated/α-hetero) is 1. The van der Waals surface area contributed by atoms with Gasteiger partial charge >= 0.3 is 5.97 Å². The number of hydrogen-bond donors (Lipinski definition) is 0. The fourth-order valence-electron chi connectivity index (χ4n) is 1.27. The van der Waals surface area contributed by atoms with Gasteiger partial charge in [-0.25, -0.2) is 9.18 Å². The number of methoxy groups -OCH3 is 1. The highest BCUT2D eigenvalue weighted by molar-refractivity contribution is 6.47. The van der Waals surface area contributed by atoms with Gasteiger partial charge in [0.25, 0.3) is 5.78 Å². The molecule has 0 saturated heterocycles. The molecule has 0 fully saturated rings. The first kappa shape index (κ1) is 12.6. The van der Waals surface area contributed by atoms with Crippen LogP contribution in [0.15, 0.2) is 18.2 Å². The minimum atomic E-state index is -1.15. The van der Waals surface area contributed by atoms with E-state index in [1.165, 1.54) is 18.2 Å². The lowest BCUT2D eigenvalue weighted by molar-refractivity contribution is -0.151. The molecule has 0 bridgehead atoms. The molecule has 0 radical (unpaired) electrons. The van der Waals surface area contributed by atoms with E-state index in [1.807, 2.05) is 0 Å². The summed E-state index contributed by atoms with van der Waals surface area (Å²) >= 11 is 5.82. The normalized spacial score (nSPS) is 12.0. The summed E-state index contributed by atoms with van der Waals surface area (Å²) in [6.45, 7) is 1.61. The molecule has 0 spiro atoms. The zero-order valence-electron chi connectivity index (χ0n) is 8.79. The van der Waals surface area contributed by atoms with Gasteiger partial charge in [0.2, 0.25) is 0 Å². The Morgan fingerprint density at radius 1 is 1.44 bits per heavy atom. The Morgan fingerprint density at radius 2 is 2.06 bits per heavy atom. The molecule has 1 atom stereocenters. The van der Waals surface area contributed by atoms with Crippen molar-refractivity contribution < 1.29 is 18.7 Å². The third-order valence-electron chi connectivity index (χ3n) is 2.12. The Balaban J connectivity index is 3.01. The maximum atomic E-state index is 12.8. The summed E-state index contributed by atoms with van der Waals surface area (Å²) in [5, 5.41) is -1.15. The van der Waals surface area contributed by atoms with E-state index in [-0.39, 0.29) is 0 Å². The van der Waals surface area contributed by atoms with E-state index < -0.39 is 22.9 Å². The molecule has 86 valence electrons. The van der Waals surface area contributed by atoms with Crippen LogP contribution in [0, 0.1) is 12.7 Å². The third kappa shape index (κ3) is 2.58. The lowest BCUT2D eigenvalue weighted by Crippen LogP contribution is -2.20. The summed E-state index contributed by atoms with van der Waals surface area (Å²) in [5.74, 6) is -2.29. The number of halogens is 2. The number of ether oxygens (including phenoxy) is 1. The minimum Gasteiger partial charge on any atom is -0.463 e. The van der Waals surface area contributed by atoms with Gasteiger partial charge in [-0.15, -0.1) is 11.6 Å². The fourth-order valence-corrected chi connectivity index (χ4v) is 1.60. The van der Waals surface area contributed by atoms with Gasteiger partial charge in [-0.05, 0) is 30.2 Å². The Labute approximate surface area is 97.2 Å². The van der Waals surface area contributed by atoms with E-state index in [9.17, 15) is 14.0 Å². The Kier molecular flexibility index (Phi) is 4.01. The number of aryl methyl sites for hydroxylation is 1. The topological polar surface area (TPSA) is 43.4 Å². The van der Waals surface area contributed by atoms with Gasteiger partial charge in [-0.3, -0.25) is 4.79 Å². The largest absolute Gasteiger partial charge is 0.463 e. The van der Waals surface area contributed by atoms with Crippen LogP contribution in [0.4, 0.5) is 4.39 Å². The number of esters is 1. The molecule has 0 N–H and O–H groups in total. The average Bonchev–Trinajstić information content (AvgIpc) is 2.26. The maximum Gasteiger partial charge on any atom is 0.376 e. The summed E-state index contributed by atoms with van der Waals surface area (Å²) in [5.41, 5.74) is 0.913. The molecule has 0 saturated carbocycles. The maximum absolute atomic E-state index is 12.8. The van der Waals surface area contributed by atoms with Crippen LogP contribution in [-0.4, -0.2) is 18.9 Å². The summed E-state index contributed by atoms with van der Waals surface area (Å²) < 4.78 is 17.1. The van der Waals surface area contributed by atoms with Crippen LogP contribution in [-0.2, 0) is 14.3 Å². The molecule has 1 rings (SSSR count). The standard InChI is InChI=1S/C11H10ClFO3/c1-6-5-7(13)3-4-8(6)9(12)10(14)11(15)16-2/h3-5,9H,1-2H3. The summed E-state index contributed by atoms with van der Waals surface area (Å²) in [7, 11) is 1.10. The van der Waals surface area contributed by atoms with Crippen LogP contribution in [0.3, 0.4) is 0 Å². The van der Waals surface area contributed by atoms with Crippen LogP contribution < -0.4 is 0 Å². The van der Waals surface area contributed by atoms with Crippen LogP contribution in [0.25, 0.3) is 0 Å². The summed E-state index contributed by atoms with van der Waals surface area (Å²) in [6, 6.07) is 3.81. The second-order valence-electron chi connectivity index (χ2n) is 3.22. The SMILES string of the molecule is COC(=O)C(=O)C(Cl)c1ccc(F)cc1C. The molecular formula is C11H10ClFO3. The van der Waals surface area contributed by atoms with Crippen molar-refractivity contribution in [1.29, 1.82) is 0 Å².